The Morgan fingerprint density at radius 1 is 1.32 bits per heavy atom. The summed E-state index contributed by atoms with van der Waals surface area (Å²) in [5, 5.41) is 7.27. The molecule has 1 N–H and O–H groups in total. The number of hydrogen-bond acceptors (Lipinski definition) is 5. The molecule has 8 heteroatoms. The minimum Gasteiger partial charge on any atom is -0.496 e. The Kier molecular flexibility index (Phi) is 4.01. The van der Waals surface area contributed by atoms with Crippen LogP contribution in [0.3, 0.4) is 0 Å². The molecule has 0 unspecified atom stereocenters. The topological polar surface area (TPSA) is 81.2 Å². The molecule has 0 saturated carbocycles. The number of benzene rings is 1. The molecule has 1 aromatic carbocycles. The van der Waals surface area contributed by atoms with Crippen molar-refractivity contribution in [2.45, 2.75) is 4.90 Å². The Morgan fingerprint density at radius 3 is 2.68 bits per heavy atom. The van der Waals surface area contributed by atoms with Crippen molar-refractivity contribution < 1.29 is 13.2 Å². The third kappa shape index (κ3) is 3.21. The maximum atomic E-state index is 12.1. The second-order valence-electron chi connectivity index (χ2n) is 3.51. The molecule has 0 radical (unpaired) electrons. The normalized spacial score (nSPS) is 11.1. The predicted molar refractivity (Wildman–Crippen MR) is 73.5 cm³/mol. The zero-order valence-corrected chi connectivity index (χ0v) is 12.3. The molecule has 2 aromatic rings. The smallest absolute Gasteiger partial charge is 0.263 e. The fourth-order valence-corrected chi connectivity index (χ4v) is 3.08. The van der Waals surface area contributed by atoms with E-state index in [2.05, 4.69) is 30.8 Å². The summed E-state index contributed by atoms with van der Waals surface area (Å²) in [6, 6.07) is 7.58. The summed E-state index contributed by atoms with van der Waals surface area (Å²) >= 11 is 3.24. The molecule has 0 atom stereocenters. The van der Waals surface area contributed by atoms with Gasteiger partial charge in [-0.3, -0.25) is 4.72 Å². The maximum absolute atomic E-state index is 12.1. The molecule has 0 bridgehead atoms. The molecule has 0 spiro atoms. The van der Waals surface area contributed by atoms with E-state index < -0.39 is 10.0 Å². The maximum Gasteiger partial charge on any atom is 0.263 e. The standard InChI is InChI=1S/C11H10BrN3O3S/c1-18-10-5-4-8(7-9(10)12)19(16,17)15-11-3-2-6-13-14-11/h2-7H,1H3,(H,14,15). The van der Waals surface area contributed by atoms with Crippen molar-refractivity contribution in [2.75, 3.05) is 11.8 Å². The van der Waals surface area contributed by atoms with Gasteiger partial charge >= 0.3 is 0 Å². The average molecular weight is 344 g/mol. The van der Waals surface area contributed by atoms with Gasteiger partial charge < -0.3 is 4.74 Å². The molecule has 0 fully saturated rings. The Labute approximate surface area is 119 Å². The van der Waals surface area contributed by atoms with Crippen molar-refractivity contribution in [3.63, 3.8) is 0 Å². The summed E-state index contributed by atoms with van der Waals surface area (Å²) in [4.78, 5) is 0.103. The first-order valence-corrected chi connectivity index (χ1v) is 7.44. The van der Waals surface area contributed by atoms with Gasteiger partial charge in [-0.2, -0.15) is 5.10 Å². The molecule has 0 amide bonds. The van der Waals surface area contributed by atoms with Gasteiger partial charge in [-0.1, -0.05) is 0 Å². The molecule has 6 nitrogen and oxygen atoms in total. The first kappa shape index (κ1) is 13.8. The zero-order chi connectivity index (χ0) is 13.9. The van der Waals surface area contributed by atoms with Gasteiger partial charge in [0.2, 0.25) is 0 Å². The van der Waals surface area contributed by atoms with Crippen molar-refractivity contribution in [3.8, 4) is 5.75 Å². The number of anilines is 1. The van der Waals surface area contributed by atoms with Crippen LogP contribution in [0.25, 0.3) is 0 Å². The highest BCUT2D eigenvalue weighted by Crippen LogP contribution is 2.27. The van der Waals surface area contributed by atoms with E-state index in [-0.39, 0.29) is 10.7 Å². The third-order valence-corrected chi connectivity index (χ3v) is 4.22. The summed E-state index contributed by atoms with van der Waals surface area (Å²) in [5.41, 5.74) is 0. The number of aromatic nitrogens is 2. The molecule has 1 heterocycles. The van der Waals surface area contributed by atoms with Gasteiger partial charge in [-0.15, -0.1) is 5.10 Å². The minimum absolute atomic E-state index is 0.103. The minimum atomic E-state index is -3.70. The van der Waals surface area contributed by atoms with E-state index in [1.165, 1.54) is 31.5 Å². The van der Waals surface area contributed by atoms with E-state index in [0.717, 1.165) is 0 Å². The van der Waals surface area contributed by atoms with Crippen LogP contribution in [0.4, 0.5) is 5.82 Å². The first-order valence-electron chi connectivity index (χ1n) is 5.17. The van der Waals surface area contributed by atoms with Crippen LogP contribution in [0, 0.1) is 0 Å². The lowest BCUT2D eigenvalue weighted by molar-refractivity contribution is 0.411. The SMILES string of the molecule is COc1ccc(S(=O)(=O)Nc2cccnn2)cc1Br. The van der Waals surface area contributed by atoms with Gasteiger partial charge in [0.1, 0.15) is 5.75 Å². The van der Waals surface area contributed by atoms with Crippen LogP contribution < -0.4 is 9.46 Å². The van der Waals surface area contributed by atoms with Crippen molar-refractivity contribution >= 4 is 31.8 Å². The van der Waals surface area contributed by atoms with E-state index in [1.54, 1.807) is 12.1 Å². The fourth-order valence-electron chi connectivity index (χ4n) is 1.37. The Balaban J connectivity index is 2.32. The van der Waals surface area contributed by atoms with Gasteiger partial charge in [0.15, 0.2) is 5.82 Å². The number of nitrogens with zero attached hydrogens (tertiary/aromatic N) is 2. The number of ether oxygens (including phenoxy) is 1. The highest BCUT2D eigenvalue weighted by molar-refractivity contribution is 9.10. The summed E-state index contributed by atoms with van der Waals surface area (Å²) in [6.07, 6.45) is 1.46. The Morgan fingerprint density at radius 2 is 2.11 bits per heavy atom. The largest absolute Gasteiger partial charge is 0.496 e. The molecule has 1 aromatic heterocycles. The first-order chi connectivity index (χ1) is 9.03. The molecule has 0 aliphatic rings. The molecule has 2 rings (SSSR count). The number of sulfonamides is 1. The van der Waals surface area contributed by atoms with E-state index >= 15 is 0 Å². The third-order valence-electron chi connectivity index (χ3n) is 2.24. The second-order valence-corrected chi connectivity index (χ2v) is 6.05. The van der Waals surface area contributed by atoms with E-state index in [9.17, 15) is 8.42 Å². The number of nitrogens with one attached hydrogen (secondary N) is 1. The molecule has 100 valence electrons. The van der Waals surface area contributed by atoms with Crippen LogP contribution in [0.2, 0.25) is 0 Å². The van der Waals surface area contributed by atoms with Crippen LogP contribution in [0.1, 0.15) is 0 Å². The van der Waals surface area contributed by atoms with Crippen molar-refractivity contribution in [1.82, 2.24) is 10.2 Å². The van der Waals surface area contributed by atoms with Crippen molar-refractivity contribution in [3.05, 3.63) is 41.0 Å². The van der Waals surface area contributed by atoms with E-state index in [0.29, 0.717) is 10.2 Å². The lowest BCUT2D eigenvalue weighted by Crippen LogP contribution is -2.14. The quantitative estimate of drug-likeness (QED) is 0.918. The molecule has 0 saturated heterocycles. The highest BCUT2D eigenvalue weighted by atomic mass is 79.9. The van der Waals surface area contributed by atoms with Crippen LogP contribution >= 0.6 is 15.9 Å². The number of hydrogen-bond donors (Lipinski definition) is 1. The lowest BCUT2D eigenvalue weighted by atomic mass is 10.3. The molecule has 0 aliphatic heterocycles. The Bertz CT molecular complexity index is 677. The van der Waals surface area contributed by atoms with E-state index in [1.807, 2.05) is 0 Å². The van der Waals surface area contributed by atoms with Crippen LogP contribution in [0.15, 0.2) is 45.9 Å². The molecule has 19 heavy (non-hydrogen) atoms. The monoisotopic (exact) mass is 343 g/mol. The van der Waals surface area contributed by atoms with E-state index in [4.69, 9.17) is 4.74 Å². The summed E-state index contributed by atoms with van der Waals surface area (Å²) in [6.45, 7) is 0. The Hall–Kier alpha value is -1.67. The number of rotatable bonds is 4. The summed E-state index contributed by atoms with van der Waals surface area (Å²) < 4.78 is 32.2. The molecular formula is C11H10BrN3O3S. The summed E-state index contributed by atoms with van der Waals surface area (Å²) in [7, 11) is -2.19. The van der Waals surface area contributed by atoms with Crippen LogP contribution in [-0.2, 0) is 10.0 Å². The van der Waals surface area contributed by atoms with Gasteiger partial charge in [0.25, 0.3) is 10.0 Å². The van der Waals surface area contributed by atoms with Gasteiger partial charge in [-0.05, 0) is 46.3 Å². The number of halogens is 1. The van der Waals surface area contributed by atoms with Gasteiger partial charge in [-0.25, -0.2) is 8.42 Å². The summed E-state index contributed by atoms with van der Waals surface area (Å²) in [5.74, 6) is 0.716. The zero-order valence-electron chi connectivity index (χ0n) is 9.87. The van der Waals surface area contributed by atoms with Crippen molar-refractivity contribution in [1.29, 1.82) is 0 Å². The second kappa shape index (κ2) is 5.54. The lowest BCUT2D eigenvalue weighted by Gasteiger charge is -2.08. The van der Waals surface area contributed by atoms with Crippen molar-refractivity contribution in [2.24, 2.45) is 0 Å². The number of methoxy groups -OCH3 is 1. The van der Waals surface area contributed by atoms with Crippen LogP contribution in [0.5, 0.6) is 5.75 Å². The average Bonchev–Trinajstić information content (AvgIpc) is 2.39. The predicted octanol–water partition coefficient (Wildman–Crippen LogP) is 2.05. The molecular weight excluding hydrogens is 334 g/mol. The van der Waals surface area contributed by atoms with Gasteiger partial charge in [0.05, 0.1) is 16.5 Å². The molecule has 0 aliphatic carbocycles. The van der Waals surface area contributed by atoms with Crippen LogP contribution in [-0.4, -0.2) is 25.7 Å². The fraction of sp³-hybridized carbons (Fsp3) is 0.0909. The highest BCUT2D eigenvalue weighted by Gasteiger charge is 2.16. The van der Waals surface area contributed by atoms with Gasteiger partial charge in [0, 0.05) is 6.20 Å².